The molecule has 2 aromatic carbocycles. The Bertz CT molecular complexity index is 1480. The molecule has 0 amide bonds. The molecule has 1 fully saturated rings. The Hall–Kier alpha value is -3.16. The highest BCUT2D eigenvalue weighted by Gasteiger charge is 2.29. The standard InChI is InChI=1S/C29H28Cl2FNO5/c1-4-33-15(2)24(27(34)25(28(35)36)26(33)18-9-11-21(30)22(31)14-18)20-13-19(10-12-23(20)32)29(37)38-16(3)17-7-5-6-8-17/h9-14,16-17H,4-8H2,1-3H3,(H,35,36). The highest BCUT2D eigenvalue weighted by Crippen LogP contribution is 2.34. The first kappa shape index (κ1) is 27.9. The largest absolute Gasteiger partial charge is 0.477 e. The minimum Gasteiger partial charge on any atom is -0.477 e. The lowest BCUT2D eigenvalue weighted by Gasteiger charge is -2.22. The van der Waals surface area contributed by atoms with E-state index in [9.17, 15) is 19.5 Å². The molecule has 0 spiro atoms. The molecule has 1 atom stereocenters. The van der Waals surface area contributed by atoms with Crippen molar-refractivity contribution in [2.24, 2.45) is 5.92 Å². The van der Waals surface area contributed by atoms with Gasteiger partial charge in [0, 0.05) is 23.4 Å². The molecule has 1 unspecified atom stereocenters. The molecule has 1 heterocycles. The van der Waals surface area contributed by atoms with E-state index in [0.717, 1.165) is 31.7 Å². The maximum absolute atomic E-state index is 15.2. The molecule has 0 aliphatic heterocycles. The number of aromatic carboxylic acids is 1. The Kier molecular flexibility index (Phi) is 8.28. The Morgan fingerprint density at radius 3 is 2.42 bits per heavy atom. The quantitative estimate of drug-likeness (QED) is 0.305. The molecule has 1 aromatic heterocycles. The summed E-state index contributed by atoms with van der Waals surface area (Å²) in [6.45, 7) is 5.52. The number of ether oxygens (including phenoxy) is 1. The predicted molar refractivity (Wildman–Crippen MR) is 146 cm³/mol. The number of nitrogens with zero attached hydrogens (tertiary/aromatic N) is 1. The smallest absolute Gasteiger partial charge is 0.341 e. The topological polar surface area (TPSA) is 85.6 Å². The summed E-state index contributed by atoms with van der Waals surface area (Å²) < 4.78 is 22.5. The van der Waals surface area contributed by atoms with Crippen molar-refractivity contribution in [3.8, 4) is 22.4 Å². The highest BCUT2D eigenvalue weighted by molar-refractivity contribution is 6.42. The molecular weight excluding hydrogens is 532 g/mol. The van der Waals surface area contributed by atoms with Crippen molar-refractivity contribution in [2.75, 3.05) is 0 Å². The summed E-state index contributed by atoms with van der Waals surface area (Å²) in [6.07, 6.45) is 3.88. The van der Waals surface area contributed by atoms with E-state index in [1.807, 2.05) is 6.92 Å². The Morgan fingerprint density at radius 2 is 1.82 bits per heavy atom. The van der Waals surface area contributed by atoms with Crippen LogP contribution in [0.2, 0.25) is 10.0 Å². The van der Waals surface area contributed by atoms with Crippen LogP contribution in [-0.4, -0.2) is 27.7 Å². The van der Waals surface area contributed by atoms with Gasteiger partial charge < -0.3 is 14.4 Å². The molecule has 9 heteroatoms. The Labute approximate surface area is 230 Å². The maximum Gasteiger partial charge on any atom is 0.341 e. The summed E-state index contributed by atoms with van der Waals surface area (Å²) in [5.41, 5.74) is -0.774. The molecule has 6 nitrogen and oxygen atoms in total. The van der Waals surface area contributed by atoms with Gasteiger partial charge in [0.25, 0.3) is 0 Å². The normalized spacial score (nSPS) is 14.5. The third kappa shape index (κ3) is 5.22. The monoisotopic (exact) mass is 559 g/mol. The number of pyridine rings is 1. The molecule has 3 aromatic rings. The Morgan fingerprint density at radius 1 is 1.13 bits per heavy atom. The predicted octanol–water partition coefficient (Wildman–Crippen LogP) is 7.39. The molecular formula is C29H28Cl2FNO5. The first-order valence-corrected chi connectivity index (χ1v) is 13.3. The molecule has 1 saturated carbocycles. The second kappa shape index (κ2) is 11.3. The van der Waals surface area contributed by atoms with Gasteiger partial charge in [0.1, 0.15) is 17.5 Å². The van der Waals surface area contributed by atoms with Gasteiger partial charge in [-0.05, 0) is 69.9 Å². The summed E-state index contributed by atoms with van der Waals surface area (Å²) in [5, 5.41) is 10.6. The molecule has 0 saturated heterocycles. The highest BCUT2D eigenvalue weighted by atomic mass is 35.5. The number of esters is 1. The lowest BCUT2D eigenvalue weighted by molar-refractivity contribution is 0.0203. The van der Waals surface area contributed by atoms with Crippen LogP contribution in [0.3, 0.4) is 0 Å². The molecule has 1 aliphatic carbocycles. The zero-order chi connectivity index (χ0) is 27.7. The van der Waals surface area contributed by atoms with Crippen molar-refractivity contribution < 1.29 is 23.8 Å². The van der Waals surface area contributed by atoms with Crippen molar-refractivity contribution in [1.82, 2.24) is 4.57 Å². The Balaban J connectivity index is 1.87. The first-order valence-electron chi connectivity index (χ1n) is 12.5. The van der Waals surface area contributed by atoms with Crippen LogP contribution < -0.4 is 5.43 Å². The fourth-order valence-corrected chi connectivity index (χ4v) is 5.59. The molecule has 38 heavy (non-hydrogen) atoms. The fraction of sp³-hybridized carbons (Fsp3) is 0.345. The van der Waals surface area contributed by atoms with Crippen molar-refractivity contribution in [3.05, 3.63) is 79.3 Å². The zero-order valence-electron chi connectivity index (χ0n) is 21.3. The van der Waals surface area contributed by atoms with Crippen LogP contribution in [0.25, 0.3) is 22.4 Å². The van der Waals surface area contributed by atoms with Gasteiger partial charge in [-0.15, -0.1) is 0 Å². The maximum atomic E-state index is 15.2. The second-order valence-electron chi connectivity index (χ2n) is 9.54. The number of carbonyl (C=O) groups excluding carboxylic acids is 1. The second-order valence-corrected chi connectivity index (χ2v) is 10.4. The minimum atomic E-state index is -1.47. The number of aromatic nitrogens is 1. The number of hydrogen-bond acceptors (Lipinski definition) is 4. The number of carboxylic acid groups (broad SMARTS) is 1. The van der Waals surface area contributed by atoms with Crippen LogP contribution in [0.4, 0.5) is 4.39 Å². The van der Waals surface area contributed by atoms with Crippen molar-refractivity contribution in [1.29, 1.82) is 0 Å². The average molecular weight is 560 g/mol. The first-order chi connectivity index (χ1) is 18.0. The van der Waals surface area contributed by atoms with Gasteiger partial charge >= 0.3 is 11.9 Å². The van der Waals surface area contributed by atoms with Crippen LogP contribution in [0.15, 0.2) is 41.2 Å². The summed E-state index contributed by atoms with van der Waals surface area (Å²) in [7, 11) is 0. The summed E-state index contributed by atoms with van der Waals surface area (Å²) in [6, 6.07) is 8.22. The van der Waals surface area contributed by atoms with Crippen LogP contribution in [-0.2, 0) is 11.3 Å². The molecule has 4 rings (SSSR count). The molecule has 1 aliphatic rings. The summed E-state index contributed by atoms with van der Waals surface area (Å²) in [4.78, 5) is 39.0. The SMILES string of the molecule is CCn1c(C)c(-c2cc(C(=O)OC(C)C3CCCC3)ccc2F)c(=O)c(C(=O)O)c1-c1ccc(Cl)c(Cl)c1. The van der Waals surface area contributed by atoms with Gasteiger partial charge in [-0.1, -0.05) is 42.1 Å². The molecule has 200 valence electrons. The van der Waals surface area contributed by atoms with E-state index in [1.54, 1.807) is 24.5 Å². The van der Waals surface area contributed by atoms with E-state index in [1.165, 1.54) is 24.3 Å². The lowest BCUT2D eigenvalue weighted by Crippen LogP contribution is -2.26. The summed E-state index contributed by atoms with van der Waals surface area (Å²) >= 11 is 12.2. The third-order valence-corrected chi connectivity index (χ3v) is 8.02. The van der Waals surface area contributed by atoms with Gasteiger partial charge in [0.15, 0.2) is 0 Å². The van der Waals surface area contributed by atoms with E-state index in [4.69, 9.17) is 27.9 Å². The van der Waals surface area contributed by atoms with E-state index in [2.05, 4.69) is 0 Å². The zero-order valence-corrected chi connectivity index (χ0v) is 22.8. The molecule has 0 bridgehead atoms. The van der Waals surface area contributed by atoms with E-state index >= 15 is 4.39 Å². The van der Waals surface area contributed by atoms with Gasteiger partial charge in [-0.2, -0.15) is 0 Å². The fourth-order valence-electron chi connectivity index (χ4n) is 5.29. The summed E-state index contributed by atoms with van der Waals surface area (Å²) in [5.74, 6) is -2.57. The number of halogens is 3. The average Bonchev–Trinajstić information content (AvgIpc) is 3.41. The van der Waals surface area contributed by atoms with Crippen LogP contribution in [0, 0.1) is 18.7 Å². The molecule has 1 N–H and O–H groups in total. The van der Waals surface area contributed by atoms with Crippen LogP contribution in [0.5, 0.6) is 0 Å². The van der Waals surface area contributed by atoms with Crippen molar-refractivity contribution >= 4 is 35.1 Å². The third-order valence-electron chi connectivity index (χ3n) is 7.28. The number of benzene rings is 2. The minimum absolute atomic E-state index is 0.0820. The van der Waals surface area contributed by atoms with Gasteiger partial charge in [-0.25, -0.2) is 14.0 Å². The van der Waals surface area contributed by atoms with E-state index in [-0.39, 0.29) is 51.0 Å². The van der Waals surface area contributed by atoms with Gasteiger partial charge in [-0.3, -0.25) is 4.79 Å². The van der Waals surface area contributed by atoms with E-state index < -0.39 is 28.7 Å². The van der Waals surface area contributed by atoms with Crippen LogP contribution in [0.1, 0.15) is 65.9 Å². The number of rotatable bonds is 7. The van der Waals surface area contributed by atoms with Gasteiger partial charge in [0.05, 0.1) is 26.9 Å². The van der Waals surface area contributed by atoms with Crippen molar-refractivity contribution in [3.63, 3.8) is 0 Å². The van der Waals surface area contributed by atoms with Crippen LogP contribution >= 0.6 is 23.2 Å². The van der Waals surface area contributed by atoms with Gasteiger partial charge in [0.2, 0.25) is 5.43 Å². The van der Waals surface area contributed by atoms with Crippen molar-refractivity contribution in [2.45, 2.75) is 59.1 Å². The lowest BCUT2D eigenvalue weighted by atomic mass is 9.95. The van der Waals surface area contributed by atoms with E-state index in [0.29, 0.717) is 11.3 Å². The molecule has 0 radical (unpaired) electrons. The number of carbonyl (C=O) groups is 2. The number of hydrogen-bond donors (Lipinski definition) is 1. The number of carboxylic acids is 1.